The van der Waals surface area contributed by atoms with Gasteiger partial charge < -0.3 is 14.5 Å². The van der Waals surface area contributed by atoms with Gasteiger partial charge in [-0.1, -0.05) is 42.0 Å². The summed E-state index contributed by atoms with van der Waals surface area (Å²) in [4.78, 5) is 21.5. The molecular formula is C24H26N6O2. The SMILES string of the molecule is COCC(=O)N1CCN(c2nc3ccccc3c3nnc(-c4ccc(C)cc4)n23)CC1C. The number of hydrogen-bond donors (Lipinski definition) is 0. The third kappa shape index (κ3) is 3.46. The molecule has 4 aromatic rings. The third-order valence-corrected chi connectivity index (χ3v) is 6.04. The predicted octanol–water partition coefficient (Wildman–Crippen LogP) is 2.94. The van der Waals surface area contributed by atoms with Crippen molar-refractivity contribution in [2.75, 3.05) is 38.3 Å². The van der Waals surface area contributed by atoms with Gasteiger partial charge in [-0.15, -0.1) is 10.2 Å². The van der Waals surface area contributed by atoms with Crippen molar-refractivity contribution in [3.05, 3.63) is 54.1 Å². The zero-order chi connectivity index (χ0) is 22.2. The van der Waals surface area contributed by atoms with E-state index in [4.69, 9.17) is 9.72 Å². The van der Waals surface area contributed by atoms with E-state index in [1.807, 2.05) is 33.6 Å². The number of aromatic nitrogens is 4. The van der Waals surface area contributed by atoms with Crippen molar-refractivity contribution >= 4 is 28.4 Å². The second-order valence-corrected chi connectivity index (χ2v) is 8.29. The van der Waals surface area contributed by atoms with Crippen LogP contribution in [0.4, 0.5) is 5.95 Å². The van der Waals surface area contributed by atoms with Crippen LogP contribution in [0.3, 0.4) is 0 Å². The van der Waals surface area contributed by atoms with Crippen molar-refractivity contribution in [2.45, 2.75) is 19.9 Å². The van der Waals surface area contributed by atoms with Crippen LogP contribution in [-0.2, 0) is 9.53 Å². The van der Waals surface area contributed by atoms with Gasteiger partial charge in [-0.2, -0.15) is 0 Å². The molecule has 1 fully saturated rings. The van der Waals surface area contributed by atoms with Crippen LogP contribution in [0.15, 0.2) is 48.5 Å². The summed E-state index contributed by atoms with van der Waals surface area (Å²) in [5, 5.41) is 10.1. The van der Waals surface area contributed by atoms with Crippen LogP contribution in [0.5, 0.6) is 0 Å². The molecular weight excluding hydrogens is 404 g/mol. The first kappa shape index (κ1) is 20.4. The van der Waals surface area contributed by atoms with Crippen molar-refractivity contribution in [3.8, 4) is 11.4 Å². The molecule has 1 amide bonds. The fraction of sp³-hybridized carbons (Fsp3) is 0.333. The highest BCUT2D eigenvalue weighted by Crippen LogP contribution is 2.29. The topological polar surface area (TPSA) is 75.9 Å². The maximum absolute atomic E-state index is 12.4. The lowest BCUT2D eigenvalue weighted by atomic mass is 10.1. The van der Waals surface area contributed by atoms with Crippen LogP contribution in [0.25, 0.3) is 27.9 Å². The summed E-state index contributed by atoms with van der Waals surface area (Å²) in [6.45, 7) is 6.18. The molecule has 0 spiro atoms. The summed E-state index contributed by atoms with van der Waals surface area (Å²) in [6, 6.07) is 16.3. The number of nitrogens with zero attached hydrogens (tertiary/aromatic N) is 6. The van der Waals surface area contributed by atoms with Gasteiger partial charge in [0.1, 0.15) is 6.61 Å². The fourth-order valence-electron chi connectivity index (χ4n) is 4.38. The van der Waals surface area contributed by atoms with Crippen LogP contribution in [0, 0.1) is 6.92 Å². The van der Waals surface area contributed by atoms with Crippen LogP contribution < -0.4 is 4.90 Å². The van der Waals surface area contributed by atoms with Crippen LogP contribution in [-0.4, -0.2) is 69.8 Å². The smallest absolute Gasteiger partial charge is 0.248 e. The zero-order valence-electron chi connectivity index (χ0n) is 18.5. The molecule has 1 saturated heterocycles. The molecule has 8 nitrogen and oxygen atoms in total. The Kier molecular flexibility index (Phi) is 5.22. The van der Waals surface area contributed by atoms with E-state index >= 15 is 0 Å². The average molecular weight is 431 g/mol. The number of para-hydroxylation sites is 1. The van der Waals surface area contributed by atoms with Gasteiger partial charge in [0, 0.05) is 43.7 Å². The monoisotopic (exact) mass is 430 g/mol. The molecule has 3 heterocycles. The molecule has 5 rings (SSSR count). The van der Waals surface area contributed by atoms with E-state index in [9.17, 15) is 4.79 Å². The van der Waals surface area contributed by atoms with Crippen molar-refractivity contribution < 1.29 is 9.53 Å². The lowest BCUT2D eigenvalue weighted by molar-refractivity contribution is -0.137. The number of methoxy groups -OCH3 is 1. The van der Waals surface area contributed by atoms with Crippen LogP contribution in [0.2, 0.25) is 0 Å². The quantitative estimate of drug-likeness (QED) is 0.496. The molecule has 0 bridgehead atoms. The number of carbonyl (C=O) groups excluding carboxylic acids is 1. The number of benzene rings is 2. The van der Waals surface area contributed by atoms with Gasteiger partial charge in [-0.05, 0) is 26.0 Å². The number of hydrogen-bond acceptors (Lipinski definition) is 6. The second-order valence-electron chi connectivity index (χ2n) is 8.29. The number of carbonyl (C=O) groups is 1. The molecule has 1 unspecified atom stereocenters. The van der Waals surface area contributed by atoms with Crippen molar-refractivity contribution in [2.24, 2.45) is 0 Å². The summed E-state index contributed by atoms with van der Waals surface area (Å²) >= 11 is 0. The zero-order valence-corrected chi connectivity index (χ0v) is 18.5. The van der Waals surface area contributed by atoms with Gasteiger partial charge in [0.15, 0.2) is 11.5 Å². The standard InChI is InChI=1S/C24H26N6O2/c1-16-8-10-18(11-9-16)22-26-27-23-19-6-4-5-7-20(19)25-24(30(22)23)28-12-13-29(17(2)14-28)21(31)15-32-3/h4-11,17H,12-15H2,1-3H3. The number of piperazine rings is 1. The van der Waals surface area contributed by atoms with Gasteiger partial charge in [-0.3, -0.25) is 4.79 Å². The first-order chi connectivity index (χ1) is 15.6. The van der Waals surface area contributed by atoms with E-state index in [2.05, 4.69) is 53.2 Å². The van der Waals surface area contributed by atoms with Gasteiger partial charge >= 0.3 is 0 Å². The Morgan fingerprint density at radius 2 is 1.88 bits per heavy atom. The van der Waals surface area contributed by atoms with Gasteiger partial charge in [0.2, 0.25) is 11.9 Å². The number of ether oxygens (including phenoxy) is 1. The Morgan fingerprint density at radius 1 is 1.09 bits per heavy atom. The fourth-order valence-corrected chi connectivity index (χ4v) is 4.38. The lowest BCUT2D eigenvalue weighted by Crippen LogP contribution is -2.55. The summed E-state index contributed by atoms with van der Waals surface area (Å²) < 4.78 is 7.10. The Morgan fingerprint density at radius 3 is 2.62 bits per heavy atom. The minimum atomic E-state index is 0.0147. The Hall–Kier alpha value is -3.52. The van der Waals surface area contributed by atoms with Gasteiger partial charge in [-0.25, -0.2) is 9.38 Å². The molecule has 8 heteroatoms. The van der Waals surface area contributed by atoms with Crippen LogP contribution in [0.1, 0.15) is 12.5 Å². The van der Waals surface area contributed by atoms with Crippen molar-refractivity contribution in [1.82, 2.24) is 24.5 Å². The molecule has 0 saturated carbocycles. The highest BCUT2D eigenvalue weighted by molar-refractivity contribution is 5.93. The maximum atomic E-state index is 12.4. The van der Waals surface area contributed by atoms with Crippen molar-refractivity contribution in [3.63, 3.8) is 0 Å². The Balaban J connectivity index is 1.62. The first-order valence-electron chi connectivity index (χ1n) is 10.8. The number of anilines is 1. The molecule has 0 radical (unpaired) electrons. The van der Waals surface area contributed by atoms with E-state index in [1.54, 1.807) is 7.11 Å². The van der Waals surface area contributed by atoms with Gasteiger partial charge in [0.05, 0.1) is 5.52 Å². The molecule has 1 aliphatic heterocycles. The largest absolute Gasteiger partial charge is 0.375 e. The molecule has 0 N–H and O–H groups in total. The van der Waals surface area contributed by atoms with Gasteiger partial charge in [0.25, 0.3) is 0 Å². The first-order valence-corrected chi connectivity index (χ1v) is 10.8. The average Bonchev–Trinajstić information content (AvgIpc) is 3.24. The summed E-state index contributed by atoms with van der Waals surface area (Å²) in [6.07, 6.45) is 0. The molecule has 164 valence electrons. The second kappa shape index (κ2) is 8.20. The normalized spacial score (nSPS) is 16.8. The highest BCUT2D eigenvalue weighted by atomic mass is 16.5. The molecule has 32 heavy (non-hydrogen) atoms. The third-order valence-electron chi connectivity index (χ3n) is 6.04. The summed E-state index contributed by atoms with van der Waals surface area (Å²) in [5.41, 5.74) is 3.84. The van der Waals surface area contributed by atoms with Crippen LogP contribution >= 0.6 is 0 Å². The molecule has 2 aromatic carbocycles. The lowest BCUT2D eigenvalue weighted by Gasteiger charge is -2.40. The van der Waals surface area contributed by atoms with E-state index in [0.717, 1.165) is 33.9 Å². The molecule has 0 aliphatic carbocycles. The Bertz CT molecular complexity index is 1280. The summed E-state index contributed by atoms with van der Waals surface area (Å²) in [5.74, 6) is 1.57. The highest BCUT2D eigenvalue weighted by Gasteiger charge is 2.30. The van der Waals surface area contributed by atoms with E-state index in [0.29, 0.717) is 19.6 Å². The van der Waals surface area contributed by atoms with E-state index < -0.39 is 0 Å². The number of aryl methyl sites for hydroxylation is 1. The molecule has 2 aromatic heterocycles. The molecule has 1 atom stereocenters. The number of rotatable bonds is 4. The van der Waals surface area contributed by atoms with E-state index in [-0.39, 0.29) is 18.6 Å². The van der Waals surface area contributed by atoms with E-state index in [1.165, 1.54) is 5.56 Å². The van der Waals surface area contributed by atoms with Crippen molar-refractivity contribution in [1.29, 1.82) is 0 Å². The minimum Gasteiger partial charge on any atom is -0.375 e. The predicted molar refractivity (Wildman–Crippen MR) is 124 cm³/mol. The Labute approximate surface area is 186 Å². The molecule has 1 aliphatic rings. The maximum Gasteiger partial charge on any atom is 0.248 e. The number of amides is 1. The number of fused-ring (bicyclic) bond motifs is 3. The minimum absolute atomic E-state index is 0.0147. The summed E-state index contributed by atoms with van der Waals surface area (Å²) in [7, 11) is 1.55.